The highest BCUT2D eigenvalue weighted by Gasteiger charge is 2.41. The molecule has 0 saturated carbocycles. The van der Waals surface area contributed by atoms with Crippen molar-refractivity contribution in [1.82, 2.24) is 5.32 Å². The Kier molecular flexibility index (Phi) is 5.35. The standard InChI is InChI=1S/C14H16N2O4S/c17-8-4-7-15-12(18)9-11-13(19)16(14(20)21-11)10-5-2-1-3-6-10/h1-3,5-6,11,17H,4,7-9H2,(H,15,18). The number of aliphatic hydroxyl groups excluding tert-OH is 1. The lowest BCUT2D eigenvalue weighted by atomic mass is 10.2. The summed E-state index contributed by atoms with van der Waals surface area (Å²) in [4.78, 5) is 37.0. The molecule has 1 aromatic rings. The second-order valence-electron chi connectivity index (χ2n) is 4.51. The average Bonchev–Trinajstić information content (AvgIpc) is 2.74. The van der Waals surface area contributed by atoms with E-state index in [1.165, 1.54) is 0 Å². The smallest absolute Gasteiger partial charge is 0.293 e. The molecule has 0 aliphatic carbocycles. The van der Waals surface area contributed by atoms with Crippen molar-refractivity contribution < 1.29 is 19.5 Å². The summed E-state index contributed by atoms with van der Waals surface area (Å²) in [6.45, 7) is 0.356. The van der Waals surface area contributed by atoms with Gasteiger partial charge in [0.05, 0.1) is 5.69 Å². The molecule has 0 bridgehead atoms. The second kappa shape index (κ2) is 7.24. The predicted molar refractivity (Wildman–Crippen MR) is 80.0 cm³/mol. The molecule has 1 unspecified atom stereocenters. The summed E-state index contributed by atoms with van der Waals surface area (Å²) in [6.07, 6.45) is 0.427. The summed E-state index contributed by atoms with van der Waals surface area (Å²) in [6, 6.07) is 8.65. The third-order valence-electron chi connectivity index (χ3n) is 2.96. The highest BCUT2D eigenvalue weighted by molar-refractivity contribution is 8.15. The number of benzene rings is 1. The minimum Gasteiger partial charge on any atom is -0.396 e. The van der Waals surface area contributed by atoms with Gasteiger partial charge < -0.3 is 10.4 Å². The molecule has 7 heteroatoms. The number of imide groups is 1. The van der Waals surface area contributed by atoms with Crippen LogP contribution in [0.3, 0.4) is 0 Å². The SMILES string of the molecule is O=C(CC1SC(=O)N(c2ccccc2)C1=O)NCCCO. The van der Waals surface area contributed by atoms with Gasteiger partial charge in [0.2, 0.25) is 11.8 Å². The van der Waals surface area contributed by atoms with Crippen LogP contribution in [-0.2, 0) is 9.59 Å². The zero-order valence-corrected chi connectivity index (χ0v) is 12.1. The Balaban J connectivity index is 1.97. The van der Waals surface area contributed by atoms with Crippen molar-refractivity contribution in [3.63, 3.8) is 0 Å². The van der Waals surface area contributed by atoms with E-state index >= 15 is 0 Å². The molecule has 3 amide bonds. The Hall–Kier alpha value is -1.86. The van der Waals surface area contributed by atoms with Crippen molar-refractivity contribution in [2.45, 2.75) is 18.1 Å². The first-order valence-corrected chi connectivity index (χ1v) is 7.48. The number of hydrogen-bond acceptors (Lipinski definition) is 5. The van der Waals surface area contributed by atoms with E-state index in [9.17, 15) is 14.4 Å². The van der Waals surface area contributed by atoms with E-state index in [2.05, 4.69) is 5.32 Å². The van der Waals surface area contributed by atoms with Crippen molar-refractivity contribution >= 4 is 34.5 Å². The van der Waals surface area contributed by atoms with Gasteiger partial charge in [0.15, 0.2) is 0 Å². The van der Waals surface area contributed by atoms with Gasteiger partial charge in [-0.15, -0.1) is 0 Å². The summed E-state index contributed by atoms with van der Waals surface area (Å²) in [5.41, 5.74) is 0.517. The Bertz CT molecular complexity index is 535. The molecule has 6 nitrogen and oxygen atoms in total. The van der Waals surface area contributed by atoms with Crippen molar-refractivity contribution in [3.05, 3.63) is 30.3 Å². The molecule has 1 atom stereocenters. The minimum atomic E-state index is -0.688. The zero-order chi connectivity index (χ0) is 15.2. The van der Waals surface area contributed by atoms with Crippen LogP contribution >= 0.6 is 11.8 Å². The number of anilines is 1. The third kappa shape index (κ3) is 3.83. The van der Waals surface area contributed by atoms with Gasteiger partial charge in [-0.05, 0) is 30.3 Å². The lowest BCUT2D eigenvalue weighted by Crippen LogP contribution is -2.34. The topological polar surface area (TPSA) is 86.7 Å². The number of carbonyl (C=O) groups is 3. The monoisotopic (exact) mass is 308 g/mol. The van der Waals surface area contributed by atoms with Gasteiger partial charge in [-0.25, -0.2) is 4.90 Å². The Labute approximate surface area is 126 Å². The molecule has 1 aliphatic rings. The first-order chi connectivity index (χ1) is 10.1. The quantitative estimate of drug-likeness (QED) is 0.770. The normalized spacial score (nSPS) is 18.1. The molecule has 2 rings (SSSR count). The number of nitrogens with zero attached hydrogens (tertiary/aromatic N) is 1. The van der Waals surface area contributed by atoms with Crippen LogP contribution < -0.4 is 10.2 Å². The molecular formula is C14H16N2O4S. The minimum absolute atomic E-state index is 0.00232. The van der Waals surface area contributed by atoms with E-state index in [1.54, 1.807) is 30.3 Å². The maximum Gasteiger partial charge on any atom is 0.293 e. The number of aliphatic hydroxyl groups is 1. The van der Waals surface area contributed by atoms with Gasteiger partial charge in [-0.1, -0.05) is 18.2 Å². The maximum atomic E-state index is 12.2. The second-order valence-corrected chi connectivity index (χ2v) is 5.67. The van der Waals surface area contributed by atoms with Crippen LogP contribution in [-0.4, -0.2) is 40.6 Å². The fourth-order valence-corrected chi connectivity index (χ4v) is 2.93. The molecule has 1 saturated heterocycles. The summed E-state index contributed by atoms with van der Waals surface area (Å²) in [5.74, 6) is -0.662. The summed E-state index contributed by atoms with van der Waals surface area (Å²) in [7, 11) is 0. The first-order valence-electron chi connectivity index (χ1n) is 6.60. The van der Waals surface area contributed by atoms with Crippen LogP contribution in [0.2, 0.25) is 0 Å². The molecule has 1 aromatic carbocycles. The molecule has 2 N–H and O–H groups in total. The molecule has 0 spiro atoms. The van der Waals surface area contributed by atoms with Crippen LogP contribution in [0.25, 0.3) is 0 Å². The van der Waals surface area contributed by atoms with E-state index < -0.39 is 5.25 Å². The number of rotatable bonds is 6. The van der Waals surface area contributed by atoms with E-state index in [0.29, 0.717) is 18.7 Å². The van der Waals surface area contributed by atoms with Crippen LogP contribution in [0, 0.1) is 0 Å². The molecule has 112 valence electrons. The van der Waals surface area contributed by atoms with Gasteiger partial charge in [-0.2, -0.15) is 0 Å². The lowest BCUT2D eigenvalue weighted by Gasteiger charge is -2.13. The van der Waals surface area contributed by atoms with E-state index in [0.717, 1.165) is 16.7 Å². The van der Waals surface area contributed by atoms with Gasteiger partial charge in [0.1, 0.15) is 5.25 Å². The predicted octanol–water partition coefficient (Wildman–Crippen LogP) is 1.14. The first kappa shape index (κ1) is 15.5. The molecule has 0 aromatic heterocycles. The zero-order valence-electron chi connectivity index (χ0n) is 11.3. The van der Waals surface area contributed by atoms with Crippen LogP contribution in [0.5, 0.6) is 0 Å². The molecule has 1 heterocycles. The van der Waals surface area contributed by atoms with Crippen LogP contribution in [0.15, 0.2) is 30.3 Å². The van der Waals surface area contributed by atoms with E-state index in [1.807, 2.05) is 0 Å². The molecular weight excluding hydrogens is 292 g/mol. The highest BCUT2D eigenvalue weighted by atomic mass is 32.2. The summed E-state index contributed by atoms with van der Waals surface area (Å²) in [5, 5.41) is 10.2. The van der Waals surface area contributed by atoms with Crippen molar-refractivity contribution in [2.24, 2.45) is 0 Å². The summed E-state index contributed by atoms with van der Waals surface area (Å²) < 4.78 is 0. The largest absolute Gasteiger partial charge is 0.396 e. The molecule has 1 fully saturated rings. The fraction of sp³-hybridized carbons (Fsp3) is 0.357. The highest BCUT2D eigenvalue weighted by Crippen LogP contribution is 2.33. The third-order valence-corrected chi connectivity index (χ3v) is 4.00. The number of para-hydroxylation sites is 1. The summed E-state index contributed by atoms with van der Waals surface area (Å²) >= 11 is 0.871. The van der Waals surface area contributed by atoms with E-state index in [4.69, 9.17) is 5.11 Å². The van der Waals surface area contributed by atoms with Gasteiger partial charge in [0, 0.05) is 19.6 Å². The Morgan fingerprint density at radius 3 is 2.67 bits per heavy atom. The number of amides is 3. The average molecular weight is 308 g/mol. The van der Waals surface area contributed by atoms with Crippen molar-refractivity contribution in [1.29, 1.82) is 0 Å². The Morgan fingerprint density at radius 2 is 2.00 bits per heavy atom. The molecule has 21 heavy (non-hydrogen) atoms. The maximum absolute atomic E-state index is 12.2. The van der Waals surface area contributed by atoms with Crippen LogP contribution in [0.4, 0.5) is 10.5 Å². The van der Waals surface area contributed by atoms with E-state index in [-0.39, 0.29) is 30.1 Å². The fourth-order valence-electron chi connectivity index (χ4n) is 1.94. The Morgan fingerprint density at radius 1 is 1.29 bits per heavy atom. The molecule has 0 radical (unpaired) electrons. The lowest BCUT2D eigenvalue weighted by molar-refractivity contribution is -0.124. The number of carbonyl (C=O) groups excluding carboxylic acids is 3. The number of thioether (sulfide) groups is 1. The van der Waals surface area contributed by atoms with Crippen molar-refractivity contribution in [3.8, 4) is 0 Å². The van der Waals surface area contributed by atoms with Gasteiger partial charge in [-0.3, -0.25) is 14.4 Å². The van der Waals surface area contributed by atoms with Crippen LogP contribution in [0.1, 0.15) is 12.8 Å². The molecule has 1 aliphatic heterocycles. The van der Waals surface area contributed by atoms with Gasteiger partial charge >= 0.3 is 0 Å². The van der Waals surface area contributed by atoms with Gasteiger partial charge in [0.25, 0.3) is 5.24 Å². The number of nitrogens with one attached hydrogen (secondary N) is 1. The van der Waals surface area contributed by atoms with Crippen molar-refractivity contribution in [2.75, 3.05) is 18.1 Å². The number of hydrogen-bond donors (Lipinski definition) is 2.